The highest BCUT2D eigenvalue weighted by atomic mass is 15.1. The molecule has 1 heteroatoms. The van der Waals surface area contributed by atoms with Crippen molar-refractivity contribution in [2.45, 2.75) is 5.41 Å². The number of rotatable bonds is 5. The van der Waals surface area contributed by atoms with E-state index in [9.17, 15) is 0 Å². The summed E-state index contributed by atoms with van der Waals surface area (Å²) in [6.45, 7) is 0. The second-order valence-corrected chi connectivity index (χ2v) is 16.7. The Labute approximate surface area is 361 Å². The van der Waals surface area contributed by atoms with Crippen LogP contribution in [0.4, 0.5) is 17.1 Å². The average Bonchev–Trinajstić information content (AvgIpc) is 3.81. The molecule has 11 aromatic carbocycles. The summed E-state index contributed by atoms with van der Waals surface area (Å²) in [6, 6.07) is 88.0. The summed E-state index contributed by atoms with van der Waals surface area (Å²) in [5, 5.41) is 7.57. The summed E-state index contributed by atoms with van der Waals surface area (Å²) in [7, 11) is 0. The molecule has 1 spiro atoms. The van der Waals surface area contributed by atoms with Crippen molar-refractivity contribution in [1.82, 2.24) is 0 Å². The lowest BCUT2D eigenvalue weighted by molar-refractivity contribution is 0.794. The molecule has 0 atom stereocenters. The van der Waals surface area contributed by atoms with Gasteiger partial charge in [-0.25, -0.2) is 0 Å². The van der Waals surface area contributed by atoms with Crippen molar-refractivity contribution in [3.8, 4) is 44.5 Å². The summed E-state index contributed by atoms with van der Waals surface area (Å²) < 4.78 is 0. The average molecular weight is 786 g/mol. The number of nitrogens with zero attached hydrogens (tertiary/aromatic N) is 1. The molecular formula is C61H39N. The maximum atomic E-state index is 2.55. The molecule has 13 rings (SSSR count). The van der Waals surface area contributed by atoms with Gasteiger partial charge in [0.05, 0.1) is 11.1 Å². The van der Waals surface area contributed by atoms with Crippen LogP contribution in [0.2, 0.25) is 0 Å². The fraction of sp³-hybridized carbons (Fsp3) is 0.0164. The van der Waals surface area contributed by atoms with Crippen LogP contribution in [0, 0.1) is 0 Å². The first kappa shape index (κ1) is 34.8. The number of anilines is 3. The van der Waals surface area contributed by atoms with E-state index in [0.717, 1.165) is 17.1 Å². The highest BCUT2D eigenvalue weighted by Crippen LogP contribution is 2.64. The van der Waals surface area contributed by atoms with Crippen molar-refractivity contribution in [3.63, 3.8) is 0 Å². The van der Waals surface area contributed by atoms with Crippen LogP contribution >= 0.6 is 0 Å². The van der Waals surface area contributed by atoms with Gasteiger partial charge >= 0.3 is 0 Å². The number of fused-ring (bicyclic) bond motifs is 16. The first-order chi connectivity index (χ1) is 30.8. The van der Waals surface area contributed by atoms with Gasteiger partial charge in [0, 0.05) is 16.9 Å². The van der Waals surface area contributed by atoms with Gasteiger partial charge < -0.3 is 4.90 Å². The van der Waals surface area contributed by atoms with Crippen LogP contribution in [0.25, 0.3) is 76.8 Å². The van der Waals surface area contributed by atoms with E-state index in [-0.39, 0.29) is 0 Å². The zero-order chi connectivity index (χ0) is 40.8. The van der Waals surface area contributed by atoms with Gasteiger partial charge in [-0.3, -0.25) is 0 Å². The van der Waals surface area contributed by atoms with Crippen LogP contribution < -0.4 is 4.90 Å². The van der Waals surface area contributed by atoms with Crippen molar-refractivity contribution < 1.29 is 0 Å². The van der Waals surface area contributed by atoms with Crippen LogP contribution in [0.5, 0.6) is 0 Å². The highest BCUT2D eigenvalue weighted by molar-refractivity contribution is 6.26. The Kier molecular flexibility index (Phi) is 7.59. The van der Waals surface area contributed by atoms with Gasteiger partial charge in [0.25, 0.3) is 0 Å². The van der Waals surface area contributed by atoms with Gasteiger partial charge in [-0.15, -0.1) is 0 Å². The highest BCUT2D eigenvalue weighted by Gasteiger charge is 2.52. The predicted octanol–water partition coefficient (Wildman–Crippen LogP) is 16.3. The molecule has 0 aliphatic heterocycles. The molecule has 2 aliphatic carbocycles. The topological polar surface area (TPSA) is 3.24 Å². The largest absolute Gasteiger partial charge is 0.310 e. The van der Waals surface area contributed by atoms with Crippen LogP contribution in [-0.4, -0.2) is 0 Å². The van der Waals surface area contributed by atoms with Gasteiger partial charge in [0.1, 0.15) is 0 Å². The Morgan fingerprint density at radius 1 is 0.242 bits per heavy atom. The Bertz CT molecular complexity index is 3500. The minimum atomic E-state index is -0.487. The second kappa shape index (κ2) is 13.5. The molecule has 0 aromatic heterocycles. The summed E-state index contributed by atoms with van der Waals surface area (Å²) in [5.74, 6) is 0. The van der Waals surface area contributed by atoms with Gasteiger partial charge in [0.15, 0.2) is 0 Å². The smallest absolute Gasteiger partial charge is 0.0726 e. The van der Waals surface area contributed by atoms with Gasteiger partial charge in [0.2, 0.25) is 0 Å². The van der Waals surface area contributed by atoms with E-state index in [0.29, 0.717) is 0 Å². The summed E-state index contributed by atoms with van der Waals surface area (Å²) >= 11 is 0. The van der Waals surface area contributed by atoms with Crippen LogP contribution in [0.15, 0.2) is 237 Å². The normalized spacial score (nSPS) is 13.0. The van der Waals surface area contributed by atoms with E-state index in [2.05, 4.69) is 241 Å². The van der Waals surface area contributed by atoms with Crippen molar-refractivity contribution in [3.05, 3.63) is 259 Å². The van der Waals surface area contributed by atoms with Gasteiger partial charge in [-0.05, 0) is 130 Å². The lowest BCUT2D eigenvalue weighted by Crippen LogP contribution is -2.26. The molecule has 0 saturated heterocycles. The third-order valence-electron chi connectivity index (χ3n) is 13.6. The lowest BCUT2D eigenvalue weighted by Gasteiger charge is -2.33. The quantitative estimate of drug-likeness (QED) is 0.157. The first-order valence-corrected chi connectivity index (χ1v) is 21.6. The van der Waals surface area contributed by atoms with E-state index in [1.54, 1.807) is 0 Å². The minimum absolute atomic E-state index is 0.487. The predicted molar refractivity (Wildman–Crippen MR) is 261 cm³/mol. The maximum absolute atomic E-state index is 2.55. The van der Waals surface area contributed by atoms with Crippen LogP contribution in [-0.2, 0) is 5.41 Å². The van der Waals surface area contributed by atoms with Crippen molar-refractivity contribution in [2.75, 3.05) is 4.90 Å². The molecule has 0 radical (unpaired) electrons. The molecule has 0 N–H and O–H groups in total. The standard InChI is InChI=1S/C61H39N/c1-3-18-40(19-4-1)42-22-17-23-43(36-42)62(44-34-35-49-47-26-8-7-24-45(47)46-25-9-10-27-48(46)54(49)37-44)60-39-59-55(38-53(60)41-20-5-2-6-21-41)52-30-13-16-33-58(52)61(59)56-31-14-11-28-50(56)51-29-12-15-32-57(51)61/h1-39H. The van der Waals surface area contributed by atoms with Crippen molar-refractivity contribution in [2.24, 2.45) is 0 Å². The van der Waals surface area contributed by atoms with Crippen molar-refractivity contribution >= 4 is 49.4 Å². The zero-order valence-electron chi connectivity index (χ0n) is 34.0. The van der Waals surface area contributed by atoms with E-state index in [1.165, 1.54) is 99.1 Å². The number of hydrogen-bond donors (Lipinski definition) is 0. The van der Waals surface area contributed by atoms with E-state index in [1.807, 2.05) is 0 Å². The third-order valence-corrected chi connectivity index (χ3v) is 13.6. The van der Waals surface area contributed by atoms with E-state index >= 15 is 0 Å². The molecule has 288 valence electrons. The number of benzene rings is 11. The lowest BCUT2D eigenvalue weighted by atomic mass is 9.70. The fourth-order valence-corrected chi connectivity index (χ4v) is 11.1. The summed E-state index contributed by atoms with van der Waals surface area (Å²) in [4.78, 5) is 2.53. The molecular weight excluding hydrogens is 747 g/mol. The van der Waals surface area contributed by atoms with E-state index < -0.39 is 5.41 Å². The Hall–Kier alpha value is -8.00. The molecule has 2 aliphatic rings. The molecule has 1 nitrogen and oxygen atoms in total. The molecule has 0 unspecified atom stereocenters. The van der Waals surface area contributed by atoms with Gasteiger partial charge in [-0.1, -0.05) is 200 Å². The number of hydrogen-bond acceptors (Lipinski definition) is 1. The molecule has 0 bridgehead atoms. The Morgan fingerprint density at radius 3 is 1.29 bits per heavy atom. The monoisotopic (exact) mass is 785 g/mol. The third kappa shape index (κ3) is 4.91. The molecule has 0 fully saturated rings. The molecule has 0 heterocycles. The molecule has 11 aromatic rings. The molecule has 0 saturated carbocycles. The Morgan fingerprint density at radius 2 is 0.694 bits per heavy atom. The minimum Gasteiger partial charge on any atom is -0.310 e. The molecule has 0 amide bonds. The SMILES string of the molecule is c1ccc(-c2cccc(N(c3ccc4c5ccccc5c5ccccc5c4c3)c3cc4c(cc3-c3ccccc3)-c3ccccc3C43c4ccccc4-c4ccccc43)c2)cc1. The van der Waals surface area contributed by atoms with E-state index in [4.69, 9.17) is 0 Å². The second-order valence-electron chi connectivity index (χ2n) is 16.7. The summed E-state index contributed by atoms with van der Waals surface area (Å²) in [5.41, 5.74) is 18.1. The first-order valence-electron chi connectivity index (χ1n) is 21.6. The maximum Gasteiger partial charge on any atom is 0.0726 e. The zero-order valence-corrected chi connectivity index (χ0v) is 34.0. The summed E-state index contributed by atoms with van der Waals surface area (Å²) in [6.07, 6.45) is 0. The van der Waals surface area contributed by atoms with Crippen LogP contribution in [0.1, 0.15) is 22.3 Å². The fourth-order valence-electron chi connectivity index (χ4n) is 11.1. The molecule has 62 heavy (non-hydrogen) atoms. The van der Waals surface area contributed by atoms with Crippen LogP contribution in [0.3, 0.4) is 0 Å². The Balaban J connectivity index is 1.16. The van der Waals surface area contributed by atoms with Gasteiger partial charge in [-0.2, -0.15) is 0 Å². The van der Waals surface area contributed by atoms with Crippen molar-refractivity contribution in [1.29, 1.82) is 0 Å².